The molecule has 0 spiro atoms. The molecule has 126 valence electrons. The molecule has 25 heavy (non-hydrogen) atoms. The van der Waals surface area contributed by atoms with Gasteiger partial charge in [0.1, 0.15) is 0 Å². The standard InChI is InChI=1S/C20H19N3O2/c24-19(13-14-7-8-15-4-1-2-5-16(15)12-14)23-11-3-6-18(23)17-9-10-21-20(25)22-17/h1-2,4-5,7-10,12,18H,3,6,11,13H2,(H,21,22,25). The van der Waals surface area contributed by atoms with E-state index in [4.69, 9.17) is 0 Å². The predicted molar refractivity (Wildman–Crippen MR) is 96.2 cm³/mol. The van der Waals surface area contributed by atoms with E-state index in [2.05, 4.69) is 34.2 Å². The number of hydrogen-bond acceptors (Lipinski definition) is 3. The minimum Gasteiger partial charge on any atom is -0.334 e. The van der Waals surface area contributed by atoms with E-state index in [0.717, 1.165) is 36.0 Å². The van der Waals surface area contributed by atoms with Crippen molar-refractivity contribution < 1.29 is 4.79 Å². The van der Waals surface area contributed by atoms with Crippen molar-refractivity contribution in [3.63, 3.8) is 0 Å². The molecule has 0 aliphatic carbocycles. The monoisotopic (exact) mass is 333 g/mol. The smallest absolute Gasteiger partial charge is 0.334 e. The summed E-state index contributed by atoms with van der Waals surface area (Å²) in [5.74, 6) is 0.0930. The van der Waals surface area contributed by atoms with Gasteiger partial charge in [-0.2, -0.15) is 0 Å². The summed E-state index contributed by atoms with van der Waals surface area (Å²) >= 11 is 0. The summed E-state index contributed by atoms with van der Waals surface area (Å²) in [6, 6.07) is 16.0. The molecule has 1 N–H and O–H groups in total. The van der Waals surface area contributed by atoms with Gasteiger partial charge in [-0.1, -0.05) is 42.5 Å². The molecule has 4 rings (SSSR count). The highest BCUT2D eigenvalue weighted by Crippen LogP contribution is 2.30. The van der Waals surface area contributed by atoms with E-state index in [1.165, 1.54) is 11.6 Å². The lowest BCUT2D eigenvalue weighted by Crippen LogP contribution is -2.33. The van der Waals surface area contributed by atoms with Gasteiger partial charge in [0, 0.05) is 18.4 Å². The molecule has 1 unspecified atom stereocenters. The lowest BCUT2D eigenvalue weighted by molar-refractivity contribution is -0.131. The van der Waals surface area contributed by atoms with Gasteiger partial charge in [-0.3, -0.25) is 4.79 Å². The predicted octanol–water partition coefficient (Wildman–Crippen LogP) is 2.83. The fourth-order valence-electron chi connectivity index (χ4n) is 3.59. The van der Waals surface area contributed by atoms with Crippen molar-refractivity contribution in [1.82, 2.24) is 14.9 Å². The van der Waals surface area contributed by atoms with Crippen LogP contribution >= 0.6 is 0 Å². The zero-order valence-corrected chi connectivity index (χ0v) is 13.8. The van der Waals surface area contributed by atoms with Crippen molar-refractivity contribution in [2.24, 2.45) is 0 Å². The van der Waals surface area contributed by atoms with Crippen LogP contribution in [-0.2, 0) is 11.2 Å². The Hall–Kier alpha value is -2.95. The molecule has 1 atom stereocenters. The van der Waals surface area contributed by atoms with Crippen molar-refractivity contribution in [3.05, 3.63) is 76.5 Å². The zero-order chi connectivity index (χ0) is 17.2. The number of aromatic nitrogens is 2. The summed E-state index contributed by atoms with van der Waals surface area (Å²) in [6.45, 7) is 0.724. The minimum absolute atomic E-state index is 0.0661. The molecule has 1 saturated heterocycles. The number of amides is 1. The van der Waals surface area contributed by atoms with Crippen molar-refractivity contribution >= 4 is 16.7 Å². The maximum absolute atomic E-state index is 12.8. The second kappa shape index (κ2) is 6.51. The Morgan fingerprint density at radius 2 is 2.00 bits per heavy atom. The number of aromatic amines is 1. The van der Waals surface area contributed by atoms with Crippen molar-refractivity contribution in [3.8, 4) is 0 Å². The Bertz CT molecular complexity index is 980. The minimum atomic E-state index is -0.369. The van der Waals surface area contributed by atoms with Gasteiger partial charge in [-0.25, -0.2) is 9.78 Å². The average molecular weight is 333 g/mol. The zero-order valence-electron chi connectivity index (χ0n) is 13.8. The van der Waals surface area contributed by atoms with Crippen molar-refractivity contribution in [2.75, 3.05) is 6.54 Å². The van der Waals surface area contributed by atoms with Crippen LogP contribution in [0.4, 0.5) is 0 Å². The first-order chi connectivity index (χ1) is 12.2. The Morgan fingerprint density at radius 1 is 1.16 bits per heavy atom. The van der Waals surface area contributed by atoms with Gasteiger partial charge in [0.05, 0.1) is 12.5 Å². The molecular formula is C20H19N3O2. The van der Waals surface area contributed by atoms with Gasteiger partial charge < -0.3 is 9.88 Å². The van der Waals surface area contributed by atoms with Crippen LogP contribution in [0.1, 0.15) is 30.1 Å². The number of rotatable bonds is 3. The van der Waals surface area contributed by atoms with Crippen LogP contribution in [0.2, 0.25) is 0 Å². The molecule has 3 aromatic rings. The third-order valence-corrected chi connectivity index (χ3v) is 4.80. The summed E-state index contributed by atoms with van der Waals surface area (Å²) < 4.78 is 0. The highest BCUT2D eigenvalue weighted by atomic mass is 16.2. The summed E-state index contributed by atoms with van der Waals surface area (Å²) in [4.78, 5) is 32.6. The van der Waals surface area contributed by atoms with E-state index < -0.39 is 0 Å². The van der Waals surface area contributed by atoms with Gasteiger partial charge in [0.25, 0.3) is 0 Å². The second-order valence-corrected chi connectivity index (χ2v) is 6.43. The summed E-state index contributed by atoms with van der Waals surface area (Å²) in [6.07, 6.45) is 3.68. The van der Waals surface area contributed by atoms with E-state index in [-0.39, 0.29) is 17.6 Å². The van der Waals surface area contributed by atoms with Crippen molar-refractivity contribution in [1.29, 1.82) is 0 Å². The first-order valence-corrected chi connectivity index (χ1v) is 8.53. The fraction of sp³-hybridized carbons (Fsp3) is 0.250. The molecule has 1 amide bonds. The molecule has 2 aromatic carbocycles. The Balaban J connectivity index is 1.55. The number of nitrogens with one attached hydrogen (secondary N) is 1. The van der Waals surface area contributed by atoms with Crippen LogP contribution in [-0.4, -0.2) is 27.3 Å². The Morgan fingerprint density at radius 3 is 2.84 bits per heavy atom. The summed E-state index contributed by atoms with van der Waals surface area (Å²) in [7, 11) is 0. The maximum atomic E-state index is 12.8. The molecule has 0 radical (unpaired) electrons. The van der Waals surface area contributed by atoms with Crippen molar-refractivity contribution in [2.45, 2.75) is 25.3 Å². The van der Waals surface area contributed by atoms with Crippen LogP contribution in [0.15, 0.2) is 59.5 Å². The van der Waals surface area contributed by atoms with E-state index >= 15 is 0 Å². The number of hydrogen-bond donors (Lipinski definition) is 1. The molecule has 1 aliphatic rings. The van der Waals surface area contributed by atoms with Gasteiger partial charge in [-0.15, -0.1) is 0 Å². The first kappa shape index (κ1) is 15.6. The molecule has 0 saturated carbocycles. The van der Waals surface area contributed by atoms with Gasteiger partial charge in [0.15, 0.2) is 0 Å². The van der Waals surface area contributed by atoms with Gasteiger partial charge in [-0.05, 0) is 35.2 Å². The van der Waals surface area contributed by atoms with Gasteiger partial charge in [0.2, 0.25) is 5.91 Å². The third-order valence-electron chi connectivity index (χ3n) is 4.80. The second-order valence-electron chi connectivity index (χ2n) is 6.43. The lowest BCUT2D eigenvalue weighted by atomic mass is 10.0. The normalized spacial score (nSPS) is 17.1. The quantitative estimate of drug-likeness (QED) is 0.801. The molecule has 1 aromatic heterocycles. The Kier molecular flexibility index (Phi) is 4.06. The molecule has 1 fully saturated rings. The molecule has 5 nitrogen and oxygen atoms in total. The van der Waals surface area contributed by atoms with E-state index in [9.17, 15) is 9.59 Å². The van der Waals surface area contributed by atoms with E-state index in [1.54, 1.807) is 6.07 Å². The van der Waals surface area contributed by atoms with Crippen LogP contribution in [0.5, 0.6) is 0 Å². The molecule has 1 aliphatic heterocycles. The lowest BCUT2D eigenvalue weighted by Gasteiger charge is -2.24. The number of likely N-dealkylation sites (tertiary alicyclic amines) is 1. The van der Waals surface area contributed by atoms with Crippen LogP contribution < -0.4 is 5.69 Å². The summed E-state index contributed by atoms with van der Waals surface area (Å²) in [5.41, 5.74) is 1.41. The van der Waals surface area contributed by atoms with Gasteiger partial charge >= 0.3 is 5.69 Å². The number of benzene rings is 2. The largest absolute Gasteiger partial charge is 0.345 e. The SMILES string of the molecule is O=C(Cc1ccc2ccccc2c1)N1CCCC1c1ccnc(=O)[nH]1. The number of nitrogens with zero attached hydrogens (tertiary/aromatic N) is 2. The number of carbonyl (C=O) groups is 1. The maximum Gasteiger partial charge on any atom is 0.345 e. The Labute approximate surface area is 145 Å². The molecule has 5 heteroatoms. The average Bonchev–Trinajstić information content (AvgIpc) is 3.11. The molecular weight excluding hydrogens is 314 g/mol. The van der Waals surface area contributed by atoms with Crippen LogP contribution in [0.3, 0.4) is 0 Å². The van der Waals surface area contributed by atoms with E-state index in [1.807, 2.05) is 23.1 Å². The topological polar surface area (TPSA) is 66.1 Å². The van der Waals surface area contributed by atoms with E-state index in [0.29, 0.717) is 6.42 Å². The highest BCUT2D eigenvalue weighted by molar-refractivity contribution is 5.85. The van der Waals surface area contributed by atoms with Crippen LogP contribution in [0.25, 0.3) is 10.8 Å². The summed E-state index contributed by atoms with van der Waals surface area (Å²) in [5, 5.41) is 2.32. The molecule has 2 heterocycles. The highest BCUT2D eigenvalue weighted by Gasteiger charge is 2.30. The third kappa shape index (κ3) is 3.18. The first-order valence-electron chi connectivity index (χ1n) is 8.53. The fourth-order valence-corrected chi connectivity index (χ4v) is 3.59. The molecule has 0 bridgehead atoms. The number of fused-ring (bicyclic) bond motifs is 1. The number of H-pyrrole nitrogens is 1. The number of carbonyl (C=O) groups excluding carboxylic acids is 1. The van der Waals surface area contributed by atoms with Crippen LogP contribution in [0, 0.1) is 0 Å².